The average Bonchev–Trinajstić information content (AvgIpc) is 2.45. The van der Waals surface area contributed by atoms with Crippen LogP contribution >= 0.6 is 0 Å². The summed E-state index contributed by atoms with van der Waals surface area (Å²) in [4.78, 5) is 11.8. The molecule has 1 aromatic carbocycles. The molecule has 0 fully saturated rings. The molecule has 118 valence electrons. The third-order valence-electron chi connectivity index (χ3n) is 3.48. The van der Waals surface area contributed by atoms with Crippen molar-refractivity contribution in [3.63, 3.8) is 0 Å². The first-order chi connectivity index (χ1) is 10.1. The van der Waals surface area contributed by atoms with Gasteiger partial charge in [0.15, 0.2) is 0 Å². The number of halogens is 1. The van der Waals surface area contributed by atoms with Crippen molar-refractivity contribution in [2.24, 2.45) is 0 Å². The van der Waals surface area contributed by atoms with Gasteiger partial charge in [0, 0.05) is 5.69 Å². The van der Waals surface area contributed by atoms with E-state index in [0.29, 0.717) is 17.9 Å². The number of ether oxygens (including phenoxy) is 1. The Hall–Kier alpha value is -1.58. The van der Waals surface area contributed by atoms with Gasteiger partial charge in [-0.15, -0.1) is 0 Å². The zero-order valence-corrected chi connectivity index (χ0v) is 13.1. The molecule has 4 heteroatoms. The highest BCUT2D eigenvalue weighted by Gasteiger charge is 2.15. The summed E-state index contributed by atoms with van der Waals surface area (Å²) < 4.78 is 18.9. The summed E-state index contributed by atoms with van der Waals surface area (Å²) in [5.41, 5.74) is 6.28. The topological polar surface area (TPSA) is 52.3 Å². The average molecular weight is 295 g/mol. The van der Waals surface area contributed by atoms with Gasteiger partial charge in [0.25, 0.3) is 0 Å². The van der Waals surface area contributed by atoms with E-state index >= 15 is 0 Å². The van der Waals surface area contributed by atoms with Crippen molar-refractivity contribution in [2.75, 3.05) is 12.3 Å². The summed E-state index contributed by atoms with van der Waals surface area (Å²) in [5.74, 6) is -1.18. The number of carbonyl (C=O) groups excluding carboxylic acids is 1. The Morgan fingerprint density at radius 2 is 1.76 bits per heavy atom. The zero-order valence-electron chi connectivity index (χ0n) is 13.1. The van der Waals surface area contributed by atoms with Crippen molar-refractivity contribution in [3.8, 4) is 0 Å². The summed E-state index contributed by atoms with van der Waals surface area (Å²) in [6.07, 6.45) is 8.03. The molecule has 1 aromatic rings. The Morgan fingerprint density at radius 1 is 1.14 bits per heavy atom. The number of nitrogens with two attached hydrogens (primary N) is 1. The molecule has 0 saturated carbocycles. The summed E-state index contributed by atoms with van der Waals surface area (Å²) in [6, 6.07) is 2.83. The lowest BCUT2D eigenvalue weighted by Gasteiger charge is -2.08. The van der Waals surface area contributed by atoms with E-state index in [1.54, 1.807) is 6.92 Å². The van der Waals surface area contributed by atoms with Crippen molar-refractivity contribution < 1.29 is 13.9 Å². The highest BCUT2D eigenvalue weighted by molar-refractivity contribution is 5.91. The molecule has 0 saturated heterocycles. The van der Waals surface area contributed by atoms with Gasteiger partial charge in [-0.3, -0.25) is 0 Å². The third-order valence-corrected chi connectivity index (χ3v) is 3.48. The fourth-order valence-electron chi connectivity index (χ4n) is 2.25. The Bertz CT molecular complexity index is 460. The van der Waals surface area contributed by atoms with Crippen LogP contribution in [0.1, 0.15) is 67.8 Å². The lowest BCUT2D eigenvalue weighted by atomic mass is 10.1. The molecule has 0 spiro atoms. The maximum Gasteiger partial charge on any atom is 0.341 e. The minimum absolute atomic E-state index is 0.0737. The number of anilines is 1. The first-order valence-electron chi connectivity index (χ1n) is 7.79. The summed E-state index contributed by atoms with van der Waals surface area (Å²) >= 11 is 0. The molecule has 0 atom stereocenters. The van der Waals surface area contributed by atoms with Crippen LogP contribution in [-0.4, -0.2) is 12.6 Å². The largest absolute Gasteiger partial charge is 0.462 e. The second kappa shape index (κ2) is 9.37. The molecule has 0 radical (unpaired) electrons. The first-order valence-corrected chi connectivity index (χ1v) is 7.79. The van der Waals surface area contributed by atoms with Crippen molar-refractivity contribution in [1.29, 1.82) is 0 Å². The van der Waals surface area contributed by atoms with E-state index in [1.807, 2.05) is 0 Å². The van der Waals surface area contributed by atoms with E-state index in [-0.39, 0.29) is 5.56 Å². The Balaban J connectivity index is 2.28. The van der Waals surface area contributed by atoms with Gasteiger partial charge < -0.3 is 10.5 Å². The van der Waals surface area contributed by atoms with Crippen LogP contribution in [0.25, 0.3) is 0 Å². The molecule has 0 unspecified atom stereocenters. The second-order valence-electron chi connectivity index (χ2n) is 5.46. The summed E-state index contributed by atoms with van der Waals surface area (Å²) in [5, 5.41) is 0. The quantitative estimate of drug-likeness (QED) is 0.411. The van der Waals surface area contributed by atoms with Crippen LogP contribution in [0.5, 0.6) is 0 Å². The minimum atomic E-state index is -0.631. The predicted molar refractivity (Wildman–Crippen MR) is 83.8 cm³/mol. The lowest BCUT2D eigenvalue weighted by molar-refractivity contribution is 0.0492. The van der Waals surface area contributed by atoms with Gasteiger partial charge in [-0.1, -0.05) is 45.4 Å². The molecular formula is C17H26FNO2. The van der Waals surface area contributed by atoms with Crippen LogP contribution in [0.15, 0.2) is 12.1 Å². The first kappa shape index (κ1) is 17.5. The van der Waals surface area contributed by atoms with Crippen LogP contribution in [-0.2, 0) is 4.74 Å². The smallest absolute Gasteiger partial charge is 0.341 e. The van der Waals surface area contributed by atoms with Crippen molar-refractivity contribution in [3.05, 3.63) is 29.1 Å². The van der Waals surface area contributed by atoms with Crippen LogP contribution in [0.2, 0.25) is 0 Å². The molecule has 0 amide bonds. The number of esters is 1. The van der Waals surface area contributed by atoms with Gasteiger partial charge in [-0.05, 0) is 31.0 Å². The SMILES string of the molecule is CCCCCCCCCOC(=O)c1cc(N)cc(C)c1F. The maximum atomic E-state index is 13.8. The minimum Gasteiger partial charge on any atom is -0.462 e. The second-order valence-corrected chi connectivity index (χ2v) is 5.46. The van der Waals surface area contributed by atoms with Crippen molar-refractivity contribution in [1.82, 2.24) is 0 Å². The number of carbonyl (C=O) groups is 1. The molecular weight excluding hydrogens is 269 g/mol. The molecule has 3 nitrogen and oxygen atoms in total. The molecule has 0 bridgehead atoms. The molecule has 1 rings (SSSR count). The maximum absolute atomic E-state index is 13.8. The van der Waals surface area contributed by atoms with Gasteiger partial charge in [-0.25, -0.2) is 9.18 Å². The van der Waals surface area contributed by atoms with Crippen LogP contribution in [0, 0.1) is 12.7 Å². The zero-order chi connectivity index (χ0) is 15.7. The number of nitrogen functional groups attached to an aromatic ring is 1. The van der Waals surface area contributed by atoms with E-state index < -0.39 is 11.8 Å². The Morgan fingerprint density at radius 3 is 2.43 bits per heavy atom. The molecule has 0 aliphatic rings. The third kappa shape index (κ3) is 6.15. The van der Waals surface area contributed by atoms with Crippen molar-refractivity contribution in [2.45, 2.75) is 58.8 Å². The van der Waals surface area contributed by atoms with Crippen molar-refractivity contribution >= 4 is 11.7 Å². The number of hydrogen-bond acceptors (Lipinski definition) is 3. The Labute approximate surface area is 126 Å². The normalized spacial score (nSPS) is 10.6. The van der Waals surface area contributed by atoms with Gasteiger partial charge in [0.2, 0.25) is 0 Å². The highest BCUT2D eigenvalue weighted by Crippen LogP contribution is 2.18. The standard InChI is InChI=1S/C17H26FNO2/c1-3-4-5-6-7-8-9-10-21-17(20)15-12-14(19)11-13(2)16(15)18/h11-12H,3-10,19H2,1-2H3. The number of unbranched alkanes of at least 4 members (excludes halogenated alkanes) is 6. The number of aryl methyl sites for hydroxylation is 1. The van der Waals surface area contributed by atoms with E-state index in [4.69, 9.17) is 10.5 Å². The lowest BCUT2D eigenvalue weighted by Crippen LogP contribution is -2.10. The molecule has 0 heterocycles. The summed E-state index contributed by atoms with van der Waals surface area (Å²) in [6.45, 7) is 4.11. The van der Waals surface area contributed by atoms with Gasteiger partial charge in [-0.2, -0.15) is 0 Å². The molecule has 0 aliphatic carbocycles. The van der Waals surface area contributed by atoms with E-state index in [2.05, 4.69) is 6.92 Å². The van der Waals surface area contributed by atoms with Crippen LogP contribution in [0.4, 0.5) is 10.1 Å². The summed E-state index contributed by atoms with van der Waals surface area (Å²) in [7, 11) is 0. The molecule has 0 aliphatic heterocycles. The van der Waals surface area contributed by atoms with E-state index in [9.17, 15) is 9.18 Å². The fraction of sp³-hybridized carbons (Fsp3) is 0.588. The van der Waals surface area contributed by atoms with Crippen LogP contribution < -0.4 is 5.73 Å². The predicted octanol–water partition coefficient (Wildman–Crippen LogP) is 4.62. The molecule has 21 heavy (non-hydrogen) atoms. The fourth-order valence-corrected chi connectivity index (χ4v) is 2.25. The molecule has 2 N–H and O–H groups in total. The highest BCUT2D eigenvalue weighted by atomic mass is 19.1. The van der Waals surface area contributed by atoms with Crippen LogP contribution in [0.3, 0.4) is 0 Å². The number of rotatable bonds is 9. The molecule has 0 aromatic heterocycles. The van der Waals surface area contributed by atoms with Gasteiger partial charge >= 0.3 is 5.97 Å². The number of benzene rings is 1. The van der Waals surface area contributed by atoms with Gasteiger partial charge in [0.1, 0.15) is 5.82 Å². The van der Waals surface area contributed by atoms with E-state index in [1.165, 1.54) is 37.8 Å². The Kier molecular flexibility index (Phi) is 7.80. The van der Waals surface area contributed by atoms with E-state index in [0.717, 1.165) is 19.3 Å². The van der Waals surface area contributed by atoms with Gasteiger partial charge in [0.05, 0.1) is 12.2 Å². The number of hydrogen-bond donors (Lipinski definition) is 1. The monoisotopic (exact) mass is 295 g/mol.